The van der Waals surface area contributed by atoms with Crippen LogP contribution >= 0.6 is 0 Å². The van der Waals surface area contributed by atoms with E-state index >= 15 is 0 Å². The van der Waals surface area contributed by atoms with E-state index in [9.17, 15) is 4.79 Å². The van der Waals surface area contributed by atoms with Crippen molar-refractivity contribution in [1.29, 1.82) is 5.26 Å². The van der Waals surface area contributed by atoms with E-state index in [1.165, 1.54) is 6.33 Å². The maximum Gasteiger partial charge on any atom is 0.338 e. The van der Waals surface area contributed by atoms with Crippen molar-refractivity contribution in [3.63, 3.8) is 0 Å². The van der Waals surface area contributed by atoms with Crippen molar-refractivity contribution >= 4 is 11.9 Å². The topological polar surface area (TPSA) is 92.8 Å². The summed E-state index contributed by atoms with van der Waals surface area (Å²) in [5.74, 6) is 0.165. The van der Waals surface area contributed by atoms with Gasteiger partial charge in [0.1, 0.15) is 12.4 Å². The Hall–Kier alpha value is -3.14. The Labute approximate surface area is 133 Å². The van der Waals surface area contributed by atoms with Crippen molar-refractivity contribution in [1.82, 2.24) is 14.8 Å². The van der Waals surface area contributed by atoms with Crippen LogP contribution in [0.2, 0.25) is 0 Å². The second-order valence-electron chi connectivity index (χ2n) is 5.05. The number of anilines is 1. The van der Waals surface area contributed by atoms with Gasteiger partial charge in [-0.2, -0.15) is 15.3 Å². The number of nitriles is 1. The summed E-state index contributed by atoms with van der Waals surface area (Å²) in [7, 11) is 0. The number of hydrogen-bond donors (Lipinski definition) is 1. The highest BCUT2D eigenvalue weighted by atomic mass is 16.5. The Bertz CT molecular complexity index is 814. The lowest BCUT2D eigenvalue weighted by Gasteiger charge is -2.28. The Morgan fingerprint density at radius 1 is 1.43 bits per heavy atom. The SMILES string of the molecule is CCOC(=O)C1=C(C)Nc2ncnn2[C@@H]1c1ccc(C#N)cc1. The molecule has 0 amide bonds. The molecule has 1 N–H and O–H groups in total. The summed E-state index contributed by atoms with van der Waals surface area (Å²) in [6.07, 6.45) is 1.43. The van der Waals surface area contributed by atoms with Gasteiger partial charge in [-0.1, -0.05) is 12.1 Å². The molecule has 0 aliphatic carbocycles. The van der Waals surface area contributed by atoms with Crippen molar-refractivity contribution < 1.29 is 9.53 Å². The number of carbonyl (C=O) groups is 1. The molecule has 0 saturated carbocycles. The molecular weight excluding hydrogens is 294 g/mol. The zero-order chi connectivity index (χ0) is 16.4. The minimum atomic E-state index is -0.444. The van der Waals surface area contributed by atoms with Gasteiger partial charge in [-0.3, -0.25) is 0 Å². The lowest BCUT2D eigenvalue weighted by molar-refractivity contribution is -0.139. The average molecular weight is 309 g/mol. The molecule has 3 rings (SSSR count). The molecule has 0 fully saturated rings. The molecule has 0 radical (unpaired) electrons. The second-order valence-corrected chi connectivity index (χ2v) is 5.05. The summed E-state index contributed by atoms with van der Waals surface area (Å²) in [5, 5.41) is 16.2. The molecule has 1 aromatic carbocycles. The Morgan fingerprint density at radius 2 is 2.17 bits per heavy atom. The molecule has 2 aromatic rings. The molecule has 1 atom stereocenters. The normalized spacial score (nSPS) is 16.3. The third-order valence-corrected chi connectivity index (χ3v) is 3.65. The first kappa shape index (κ1) is 14.8. The smallest absolute Gasteiger partial charge is 0.338 e. The first-order valence-electron chi connectivity index (χ1n) is 7.20. The third kappa shape index (κ3) is 2.55. The summed E-state index contributed by atoms with van der Waals surface area (Å²) in [4.78, 5) is 16.6. The maximum absolute atomic E-state index is 12.4. The van der Waals surface area contributed by atoms with Crippen molar-refractivity contribution in [3.8, 4) is 6.07 Å². The predicted molar refractivity (Wildman–Crippen MR) is 82.3 cm³/mol. The van der Waals surface area contributed by atoms with Gasteiger partial charge in [0, 0.05) is 5.70 Å². The van der Waals surface area contributed by atoms with Gasteiger partial charge in [0.15, 0.2) is 0 Å². The third-order valence-electron chi connectivity index (χ3n) is 3.65. The highest BCUT2D eigenvalue weighted by Gasteiger charge is 2.34. The number of fused-ring (bicyclic) bond motifs is 1. The van der Waals surface area contributed by atoms with Gasteiger partial charge in [0.05, 0.1) is 23.8 Å². The van der Waals surface area contributed by atoms with Crippen LogP contribution < -0.4 is 5.32 Å². The van der Waals surface area contributed by atoms with Crippen LogP contribution in [0.1, 0.15) is 31.0 Å². The van der Waals surface area contributed by atoms with Crippen LogP contribution in [0.4, 0.5) is 5.95 Å². The van der Waals surface area contributed by atoms with Crippen LogP contribution in [-0.4, -0.2) is 27.3 Å². The fourth-order valence-corrected chi connectivity index (χ4v) is 2.61. The quantitative estimate of drug-likeness (QED) is 0.872. The minimum Gasteiger partial charge on any atom is -0.463 e. The van der Waals surface area contributed by atoms with E-state index in [-0.39, 0.29) is 0 Å². The van der Waals surface area contributed by atoms with E-state index in [1.807, 2.05) is 12.1 Å². The summed E-state index contributed by atoms with van der Waals surface area (Å²) in [6.45, 7) is 3.86. The molecular formula is C16H15N5O2. The van der Waals surface area contributed by atoms with Gasteiger partial charge in [-0.25, -0.2) is 9.48 Å². The molecule has 2 heterocycles. The first-order chi connectivity index (χ1) is 11.2. The number of nitrogens with zero attached hydrogens (tertiary/aromatic N) is 4. The molecule has 1 aromatic heterocycles. The molecule has 116 valence electrons. The van der Waals surface area contributed by atoms with Gasteiger partial charge >= 0.3 is 5.97 Å². The summed E-state index contributed by atoms with van der Waals surface area (Å²) in [5.41, 5.74) is 2.55. The number of ether oxygens (including phenoxy) is 1. The van der Waals surface area contributed by atoms with E-state index < -0.39 is 12.0 Å². The van der Waals surface area contributed by atoms with Gasteiger partial charge in [0.25, 0.3) is 0 Å². The van der Waals surface area contributed by atoms with Gasteiger partial charge in [-0.15, -0.1) is 0 Å². The monoisotopic (exact) mass is 309 g/mol. The molecule has 7 heteroatoms. The van der Waals surface area contributed by atoms with Gasteiger partial charge < -0.3 is 10.1 Å². The molecule has 23 heavy (non-hydrogen) atoms. The van der Waals surface area contributed by atoms with Crippen molar-refractivity contribution in [3.05, 3.63) is 53.0 Å². The van der Waals surface area contributed by atoms with Crippen LogP contribution in [0, 0.1) is 11.3 Å². The van der Waals surface area contributed by atoms with Gasteiger partial charge in [-0.05, 0) is 31.5 Å². The van der Waals surface area contributed by atoms with Crippen molar-refractivity contribution in [2.45, 2.75) is 19.9 Å². The van der Waals surface area contributed by atoms with Crippen LogP contribution in [0.5, 0.6) is 0 Å². The van der Waals surface area contributed by atoms with E-state index in [4.69, 9.17) is 10.00 Å². The molecule has 1 aliphatic heterocycles. The second kappa shape index (κ2) is 5.93. The Kier molecular flexibility index (Phi) is 3.81. The first-order valence-corrected chi connectivity index (χ1v) is 7.20. The van der Waals surface area contributed by atoms with E-state index in [1.54, 1.807) is 30.7 Å². The van der Waals surface area contributed by atoms with Crippen molar-refractivity contribution in [2.75, 3.05) is 11.9 Å². The molecule has 1 aliphatic rings. The fourth-order valence-electron chi connectivity index (χ4n) is 2.61. The maximum atomic E-state index is 12.4. The van der Waals surface area contributed by atoms with E-state index in [0.717, 1.165) is 5.56 Å². The molecule has 0 unspecified atom stereocenters. The largest absolute Gasteiger partial charge is 0.463 e. The number of benzene rings is 1. The molecule has 0 spiro atoms. The Balaban J connectivity index is 2.12. The number of rotatable bonds is 3. The number of aromatic nitrogens is 3. The lowest BCUT2D eigenvalue weighted by Crippen LogP contribution is -2.29. The number of esters is 1. The van der Waals surface area contributed by atoms with Gasteiger partial charge in [0.2, 0.25) is 5.95 Å². The highest BCUT2D eigenvalue weighted by Crippen LogP contribution is 2.35. The number of allylic oxidation sites excluding steroid dienone is 1. The fraction of sp³-hybridized carbons (Fsp3) is 0.250. The van der Waals surface area contributed by atoms with Crippen LogP contribution in [0.15, 0.2) is 41.9 Å². The summed E-state index contributed by atoms with van der Waals surface area (Å²) < 4.78 is 6.83. The van der Waals surface area contributed by atoms with E-state index in [2.05, 4.69) is 21.5 Å². The summed E-state index contributed by atoms with van der Waals surface area (Å²) in [6, 6.07) is 8.69. The molecule has 0 saturated heterocycles. The molecule has 0 bridgehead atoms. The standard InChI is InChI=1S/C16H15N5O2/c1-3-23-15(22)13-10(2)20-16-18-9-19-21(16)14(13)12-6-4-11(8-17)5-7-12/h4-7,9,14H,3H2,1-2H3,(H,18,19,20)/t14-/m1/s1. The molecule has 7 nitrogen and oxygen atoms in total. The van der Waals surface area contributed by atoms with Crippen molar-refractivity contribution in [2.24, 2.45) is 0 Å². The van der Waals surface area contributed by atoms with Crippen LogP contribution in [-0.2, 0) is 9.53 Å². The lowest BCUT2D eigenvalue weighted by atomic mass is 9.95. The zero-order valence-electron chi connectivity index (χ0n) is 12.8. The number of nitrogens with one attached hydrogen (secondary N) is 1. The average Bonchev–Trinajstić information content (AvgIpc) is 3.01. The van der Waals surface area contributed by atoms with E-state index in [0.29, 0.717) is 29.4 Å². The number of carbonyl (C=O) groups excluding carboxylic acids is 1. The van der Waals surface area contributed by atoms with Crippen LogP contribution in [0.3, 0.4) is 0 Å². The Morgan fingerprint density at radius 3 is 2.83 bits per heavy atom. The predicted octanol–water partition coefficient (Wildman–Crippen LogP) is 2.00. The van der Waals surface area contributed by atoms with Crippen LogP contribution in [0.25, 0.3) is 0 Å². The summed E-state index contributed by atoms with van der Waals surface area (Å²) >= 11 is 0. The zero-order valence-corrected chi connectivity index (χ0v) is 12.8. The highest BCUT2D eigenvalue weighted by molar-refractivity contribution is 5.92. The number of hydrogen-bond acceptors (Lipinski definition) is 6. The minimum absolute atomic E-state index is 0.292.